The number of hydrogen-bond donors (Lipinski definition) is 1. The summed E-state index contributed by atoms with van der Waals surface area (Å²) >= 11 is 3.37. The van der Waals surface area contributed by atoms with Gasteiger partial charge in [-0.2, -0.15) is 0 Å². The first-order valence-electron chi connectivity index (χ1n) is 4.66. The molecule has 1 heterocycles. The molecule has 0 aromatic heterocycles. The van der Waals surface area contributed by atoms with E-state index in [9.17, 15) is 0 Å². The Hall–Kier alpha value is 0.400. The molecule has 0 saturated carbocycles. The number of piperidine rings is 1. The maximum absolute atomic E-state index is 5.69. The molecule has 0 aromatic rings. The van der Waals surface area contributed by atoms with Gasteiger partial charge in [0.25, 0.3) is 0 Å². The summed E-state index contributed by atoms with van der Waals surface area (Å²) in [5.41, 5.74) is 0. The molecule has 0 bridgehead atoms. The maximum Gasteiger partial charge on any atom is 0.0605 e. The van der Waals surface area contributed by atoms with Crippen LogP contribution >= 0.6 is 15.9 Å². The molecule has 0 aliphatic carbocycles. The highest BCUT2D eigenvalue weighted by atomic mass is 79.9. The van der Waals surface area contributed by atoms with Gasteiger partial charge in [0, 0.05) is 17.4 Å². The third-order valence-electron chi connectivity index (χ3n) is 2.23. The second-order valence-corrected chi connectivity index (χ2v) is 4.41. The average Bonchev–Trinajstić information content (AvgIpc) is 1.99. The Morgan fingerprint density at radius 2 is 1.92 bits per heavy atom. The number of nitrogens with one attached hydrogen (secondary N) is 1. The number of ether oxygens (including phenoxy) is 1. The first kappa shape index (κ1) is 10.5. The summed E-state index contributed by atoms with van der Waals surface area (Å²) in [6.45, 7) is 5.28. The number of rotatable bonds is 3. The van der Waals surface area contributed by atoms with Crippen LogP contribution in [0, 0.1) is 0 Å². The molecular formula is C9H18BrNO. The van der Waals surface area contributed by atoms with Crippen LogP contribution in [0.2, 0.25) is 0 Å². The largest absolute Gasteiger partial charge is 0.377 e. The lowest BCUT2D eigenvalue weighted by molar-refractivity contribution is 0.0231. The molecule has 0 radical (unpaired) electrons. The van der Waals surface area contributed by atoms with Crippen molar-refractivity contribution in [2.45, 2.75) is 44.9 Å². The summed E-state index contributed by atoms with van der Waals surface area (Å²) in [7, 11) is 0. The number of alkyl halides is 1. The van der Waals surface area contributed by atoms with Crippen molar-refractivity contribution in [2.24, 2.45) is 0 Å². The standard InChI is InChI=1S/C9H18BrNO/c1-7-5-9(12-4-3-10)6-8(2)11-7/h7-9,11H,3-6H2,1-2H3/t7-,8+,9?. The van der Waals surface area contributed by atoms with Gasteiger partial charge in [0.05, 0.1) is 12.7 Å². The molecule has 1 aliphatic heterocycles. The molecule has 1 fully saturated rings. The molecule has 3 heteroatoms. The van der Waals surface area contributed by atoms with E-state index in [1.165, 1.54) is 0 Å². The lowest BCUT2D eigenvalue weighted by Crippen LogP contribution is -2.45. The average molecular weight is 236 g/mol. The van der Waals surface area contributed by atoms with Gasteiger partial charge < -0.3 is 10.1 Å². The summed E-state index contributed by atoms with van der Waals surface area (Å²) in [4.78, 5) is 0. The van der Waals surface area contributed by atoms with Crippen molar-refractivity contribution in [3.8, 4) is 0 Å². The van der Waals surface area contributed by atoms with Crippen LogP contribution < -0.4 is 5.32 Å². The van der Waals surface area contributed by atoms with Crippen LogP contribution in [0.5, 0.6) is 0 Å². The van der Waals surface area contributed by atoms with Gasteiger partial charge in [-0.1, -0.05) is 15.9 Å². The van der Waals surface area contributed by atoms with Crippen LogP contribution in [0.1, 0.15) is 26.7 Å². The van der Waals surface area contributed by atoms with Crippen molar-refractivity contribution in [1.29, 1.82) is 0 Å². The summed E-state index contributed by atoms with van der Waals surface area (Å²) in [5, 5.41) is 4.44. The Kier molecular flexibility index (Phi) is 4.54. The van der Waals surface area contributed by atoms with E-state index in [1.54, 1.807) is 0 Å². The molecule has 12 heavy (non-hydrogen) atoms. The Balaban J connectivity index is 2.24. The van der Waals surface area contributed by atoms with Crippen molar-refractivity contribution in [3.05, 3.63) is 0 Å². The summed E-state index contributed by atoms with van der Waals surface area (Å²) in [6, 6.07) is 1.21. The Bertz CT molecular complexity index is 122. The van der Waals surface area contributed by atoms with E-state index in [4.69, 9.17) is 4.74 Å². The molecule has 0 amide bonds. The van der Waals surface area contributed by atoms with Gasteiger partial charge in [-0.3, -0.25) is 0 Å². The number of hydrogen-bond acceptors (Lipinski definition) is 2. The van der Waals surface area contributed by atoms with Crippen LogP contribution in [0.3, 0.4) is 0 Å². The molecule has 0 spiro atoms. The van der Waals surface area contributed by atoms with E-state index < -0.39 is 0 Å². The van der Waals surface area contributed by atoms with Gasteiger partial charge in [0.15, 0.2) is 0 Å². The highest BCUT2D eigenvalue weighted by Gasteiger charge is 2.23. The van der Waals surface area contributed by atoms with Crippen molar-refractivity contribution in [3.63, 3.8) is 0 Å². The molecule has 1 unspecified atom stereocenters. The van der Waals surface area contributed by atoms with E-state index in [2.05, 4.69) is 35.1 Å². The predicted molar refractivity (Wildman–Crippen MR) is 54.8 cm³/mol. The van der Waals surface area contributed by atoms with E-state index in [1.807, 2.05) is 0 Å². The summed E-state index contributed by atoms with van der Waals surface area (Å²) in [5.74, 6) is 0. The first-order valence-corrected chi connectivity index (χ1v) is 5.78. The van der Waals surface area contributed by atoms with E-state index in [-0.39, 0.29) is 0 Å². The fourth-order valence-corrected chi connectivity index (χ4v) is 2.04. The van der Waals surface area contributed by atoms with Crippen molar-refractivity contribution < 1.29 is 4.74 Å². The minimum absolute atomic E-state index is 0.466. The predicted octanol–water partition coefficient (Wildman–Crippen LogP) is 1.93. The molecule has 72 valence electrons. The lowest BCUT2D eigenvalue weighted by atomic mass is 9.98. The number of halogens is 1. The third kappa shape index (κ3) is 3.42. The van der Waals surface area contributed by atoms with Gasteiger partial charge in [-0.15, -0.1) is 0 Å². The molecule has 1 rings (SSSR count). The topological polar surface area (TPSA) is 21.3 Å². The minimum atomic E-state index is 0.466. The SMILES string of the molecule is C[C@@H]1CC(OCCBr)C[C@H](C)N1. The van der Waals surface area contributed by atoms with Crippen LogP contribution in [0.25, 0.3) is 0 Å². The molecule has 1 saturated heterocycles. The second kappa shape index (κ2) is 5.20. The van der Waals surface area contributed by atoms with E-state index in [0.29, 0.717) is 18.2 Å². The fraction of sp³-hybridized carbons (Fsp3) is 1.00. The Morgan fingerprint density at radius 1 is 1.33 bits per heavy atom. The van der Waals surface area contributed by atoms with Crippen LogP contribution in [0.15, 0.2) is 0 Å². The summed E-state index contributed by atoms with van der Waals surface area (Å²) in [6.07, 6.45) is 2.77. The zero-order chi connectivity index (χ0) is 8.97. The Morgan fingerprint density at radius 3 is 2.42 bits per heavy atom. The monoisotopic (exact) mass is 235 g/mol. The lowest BCUT2D eigenvalue weighted by Gasteiger charge is -2.32. The highest BCUT2D eigenvalue weighted by Crippen LogP contribution is 2.16. The maximum atomic E-state index is 5.69. The molecule has 1 aliphatic rings. The smallest absolute Gasteiger partial charge is 0.0605 e. The zero-order valence-corrected chi connectivity index (χ0v) is 9.43. The highest BCUT2D eigenvalue weighted by molar-refractivity contribution is 9.09. The quantitative estimate of drug-likeness (QED) is 0.756. The van der Waals surface area contributed by atoms with Gasteiger partial charge in [0.2, 0.25) is 0 Å². The van der Waals surface area contributed by atoms with Crippen LogP contribution in [0.4, 0.5) is 0 Å². The molecule has 1 N–H and O–H groups in total. The van der Waals surface area contributed by atoms with Gasteiger partial charge in [0.1, 0.15) is 0 Å². The van der Waals surface area contributed by atoms with Gasteiger partial charge in [-0.05, 0) is 26.7 Å². The van der Waals surface area contributed by atoms with Gasteiger partial charge in [-0.25, -0.2) is 0 Å². The molecule has 3 atom stereocenters. The van der Waals surface area contributed by atoms with Crippen molar-refractivity contribution in [2.75, 3.05) is 11.9 Å². The first-order chi connectivity index (χ1) is 5.72. The van der Waals surface area contributed by atoms with Crippen LogP contribution in [-0.4, -0.2) is 30.1 Å². The summed E-state index contributed by atoms with van der Waals surface area (Å²) < 4.78 is 5.69. The van der Waals surface area contributed by atoms with Crippen molar-refractivity contribution in [1.82, 2.24) is 5.32 Å². The van der Waals surface area contributed by atoms with E-state index >= 15 is 0 Å². The van der Waals surface area contributed by atoms with Gasteiger partial charge >= 0.3 is 0 Å². The third-order valence-corrected chi connectivity index (χ3v) is 2.56. The normalized spacial score (nSPS) is 36.8. The zero-order valence-electron chi connectivity index (χ0n) is 7.85. The van der Waals surface area contributed by atoms with Crippen molar-refractivity contribution >= 4 is 15.9 Å². The van der Waals surface area contributed by atoms with Crippen LogP contribution in [-0.2, 0) is 4.74 Å². The molecule has 2 nitrogen and oxygen atoms in total. The Labute approximate surface area is 83.2 Å². The second-order valence-electron chi connectivity index (χ2n) is 3.62. The van der Waals surface area contributed by atoms with E-state index in [0.717, 1.165) is 24.8 Å². The fourth-order valence-electron chi connectivity index (χ4n) is 1.85. The molecule has 0 aromatic carbocycles. The minimum Gasteiger partial charge on any atom is -0.377 e. The molecular weight excluding hydrogens is 218 g/mol.